The fourth-order valence-corrected chi connectivity index (χ4v) is 3.76. The number of hydrogen-bond acceptors (Lipinski definition) is 5. The van der Waals surface area contributed by atoms with Gasteiger partial charge < -0.3 is 20.1 Å². The van der Waals surface area contributed by atoms with Crippen molar-refractivity contribution in [3.63, 3.8) is 0 Å². The highest BCUT2D eigenvalue weighted by molar-refractivity contribution is 5.79. The molecule has 2 aromatic carbocycles. The average Bonchev–Trinajstić information content (AvgIpc) is 2.81. The molecule has 0 aliphatic rings. The number of carbonyl (C=O) groups is 1. The number of pyridine rings is 1. The second-order valence-corrected chi connectivity index (χ2v) is 8.70. The molecule has 0 amide bonds. The van der Waals surface area contributed by atoms with Crippen molar-refractivity contribution in [1.29, 1.82) is 0 Å². The topological polar surface area (TPSA) is 99.9 Å². The number of aromatic nitrogens is 1. The van der Waals surface area contributed by atoms with Crippen molar-refractivity contribution in [2.45, 2.75) is 51.4 Å². The summed E-state index contributed by atoms with van der Waals surface area (Å²) in [5, 5.41) is 29.0. The van der Waals surface area contributed by atoms with Crippen LogP contribution in [0.3, 0.4) is 0 Å². The van der Waals surface area contributed by atoms with E-state index in [0.717, 1.165) is 27.8 Å². The lowest BCUT2D eigenvalue weighted by molar-refractivity contribution is -0.139. The van der Waals surface area contributed by atoms with Crippen LogP contribution in [0.5, 0.6) is 5.75 Å². The van der Waals surface area contributed by atoms with Crippen LogP contribution in [0.1, 0.15) is 49.3 Å². The van der Waals surface area contributed by atoms with E-state index < -0.39 is 24.6 Å². The van der Waals surface area contributed by atoms with Crippen molar-refractivity contribution >= 4 is 12.0 Å². The summed E-state index contributed by atoms with van der Waals surface area (Å²) < 4.78 is 19.7. The molecule has 1 aromatic heterocycles. The van der Waals surface area contributed by atoms with Gasteiger partial charge in [0, 0.05) is 24.4 Å². The Morgan fingerprint density at radius 1 is 1.14 bits per heavy atom. The van der Waals surface area contributed by atoms with E-state index >= 15 is 0 Å². The number of halogens is 1. The summed E-state index contributed by atoms with van der Waals surface area (Å²) in [6.45, 7) is 4.42. The van der Waals surface area contributed by atoms with Gasteiger partial charge in [0.05, 0.1) is 18.6 Å². The fraction of sp³-hybridized carbons (Fsp3) is 0.286. The largest absolute Gasteiger partial charge is 0.489 e. The summed E-state index contributed by atoms with van der Waals surface area (Å²) in [4.78, 5) is 14.9. The van der Waals surface area contributed by atoms with Gasteiger partial charge in [-0.25, -0.2) is 4.39 Å². The van der Waals surface area contributed by atoms with Crippen LogP contribution in [-0.2, 0) is 11.4 Å². The van der Waals surface area contributed by atoms with Crippen LogP contribution >= 0.6 is 0 Å². The number of aliphatic hydroxyl groups is 2. The van der Waals surface area contributed by atoms with E-state index in [1.165, 1.54) is 18.2 Å². The third kappa shape index (κ3) is 7.73. The van der Waals surface area contributed by atoms with Crippen LogP contribution in [0.15, 0.2) is 67.0 Å². The standard InChI is InChI=1S/C28H30FNO5/c1-18(2)26-14-24(35-17-19-4-3-11-30-16-19)15-27(20-5-7-21(29)8-6-20)25(26)10-9-22(31)12-23(32)13-28(33)34/h3-11,14-16,18,22-23,31-32H,12-13,17H2,1-2H3,(H,33,34). The van der Waals surface area contributed by atoms with E-state index in [9.17, 15) is 19.4 Å². The Balaban J connectivity index is 1.98. The number of rotatable bonds is 11. The maximum absolute atomic E-state index is 13.6. The minimum Gasteiger partial charge on any atom is -0.489 e. The van der Waals surface area contributed by atoms with E-state index in [2.05, 4.69) is 4.98 Å². The molecule has 0 saturated heterocycles. The van der Waals surface area contributed by atoms with Crippen LogP contribution in [0.2, 0.25) is 0 Å². The van der Waals surface area contributed by atoms with E-state index in [1.807, 2.05) is 38.1 Å². The first kappa shape index (κ1) is 26.1. The molecule has 0 aliphatic heterocycles. The molecule has 3 rings (SSSR count). The molecule has 2 unspecified atom stereocenters. The first-order valence-electron chi connectivity index (χ1n) is 11.4. The number of carboxylic acids is 1. The SMILES string of the molecule is CC(C)c1cc(OCc2cccnc2)cc(-c2ccc(F)cc2)c1C=CC(O)CC(O)CC(=O)O. The lowest BCUT2D eigenvalue weighted by Crippen LogP contribution is -2.19. The molecule has 0 bridgehead atoms. The molecule has 0 spiro atoms. The first-order valence-corrected chi connectivity index (χ1v) is 11.4. The summed E-state index contributed by atoms with van der Waals surface area (Å²) in [5.41, 5.74) is 4.29. The maximum atomic E-state index is 13.6. The van der Waals surface area contributed by atoms with Gasteiger partial charge in [-0.1, -0.05) is 44.2 Å². The van der Waals surface area contributed by atoms with Crippen LogP contribution in [0, 0.1) is 5.82 Å². The highest BCUT2D eigenvalue weighted by atomic mass is 19.1. The molecule has 0 saturated carbocycles. The van der Waals surface area contributed by atoms with Crippen molar-refractivity contribution < 1.29 is 29.2 Å². The van der Waals surface area contributed by atoms with Crippen LogP contribution in [-0.4, -0.2) is 38.5 Å². The quantitative estimate of drug-likeness (QED) is 0.350. The monoisotopic (exact) mass is 479 g/mol. The Labute approximate surface area is 204 Å². The summed E-state index contributed by atoms with van der Waals surface area (Å²) >= 11 is 0. The molecule has 7 heteroatoms. The number of nitrogens with zero attached hydrogens (tertiary/aromatic N) is 1. The molecule has 1 heterocycles. The summed E-state index contributed by atoms with van der Waals surface area (Å²) in [5.74, 6) is -0.727. The molecule has 3 aromatic rings. The van der Waals surface area contributed by atoms with Crippen molar-refractivity contribution in [3.05, 3.63) is 89.5 Å². The van der Waals surface area contributed by atoms with E-state index in [-0.39, 0.29) is 18.2 Å². The second kappa shape index (κ2) is 12.2. The van der Waals surface area contributed by atoms with Gasteiger partial charge in [0.25, 0.3) is 0 Å². The zero-order valence-electron chi connectivity index (χ0n) is 19.8. The highest BCUT2D eigenvalue weighted by Crippen LogP contribution is 2.36. The molecule has 0 radical (unpaired) electrons. The predicted molar refractivity (Wildman–Crippen MR) is 132 cm³/mol. The second-order valence-electron chi connectivity index (χ2n) is 8.70. The van der Waals surface area contributed by atoms with Gasteiger partial charge in [0.15, 0.2) is 0 Å². The fourth-order valence-electron chi connectivity index (χ4n) is 3.76. The van der Waals surface area contributed by atoms with Crippen LogP contribution in [0.4, 0.5) is 4.39 Å². The molecule has 184 valence electrons. The minimum absolute atomic E-state index is 0.0992. The van der Waals surface area contributed by atoms with Gasteiger partial charge in [-0.3, -0.25) is 9.78 Å². The van der Waals surface area contributed by atoms with E-state index in [1.54, 1.807) is 30.6 Å². The predicted octanol–water partition coefficient (Wildman–Crippen LogP) is 5.19. The molecule has 3 N–H and O–H groups in total. The van der Waals surface area contributed by atoms with E-state index in [0.29, 0.717) is 12.4 Å². The lowest BCUT2D eigenvalue weighted by atomic mass is 9.89. The van der Waals surface area contributed by atoms with Crippen molar-refractivity contribution in [1.82, 2.24) is 4.98 Å². The molecule has 2 atom stereocenters. The van der Waals surface area contributed by atoms with Gasteiger partial charge in [0.1, 0.15) is 18.2 Å². The molecular weight excluding hydrogens is 449 g/mol. The summed E-state index contributed by atoms with van der Waals surface area (Å²) in [6.07, 6.45) is 4.00. The van der Waals surface area contributed by atoms with Crippen molar-refractivity contribution in [3.8, 4) is 16.9 Å². The van der Waals surface area contributed by atoms with Crippen LogP contribution in [0.25, 0.3) is 17.2 Å². The Bertz CT molecular complexity index is 1150. The maximum Gasteiger partial charge on any atom is 0.305 e. The van der Waals surface area contributed by atoms with Crippen molar-refractivity contribution in [2.75, 3.05) is 0 Å². The zero-order chi connectivity index (χ0) is 25.4. The first-order chi connectivity index (χ1) is 16.7. The van der Waals surface area contributed by atoms with Gasteiger partial charge >= 0.3 is 5.97 Å². The normalized spacial score (nSPS) is 13.2. The van der Waals surface area contributed by atoms with Gasteiger partial charge in [-0.05, 0) is 58.5 Å². The molecule has 0 fully saturated rings. The Morgan fingerprint density at radius 3 is 2.51 bits per heavy atom. The average molecular weight is 480 g/mol. The highest BCUT2D eigenvalue weighted by Gasteiger charge is 2.17. The number of hydrogen-bond donors (Lipinski definition) is 3. The number of aliphatic carboxylic acids is 1. The molecule has 6 nitrogen and oxygen atoms in total. The number of benzene rings is 2. The zero-order valence-corrected chi connectivity index (χ0v) is 19.8. The molecule has 0 aliphatic carbocycles. The molecule has 35 heavy (non-hydrogen) atoms. The number of carboxylic acid groups (broad SMARTS) is 1. The smallest absolute Gasteiger partial charge is 0.305 e. The van der Waals surface area contributed by atoms with Gasteiger partial charge in [0.2, 0.25) is 0 Å². The third-order valence-electron chi connectivity index (χ3n) is 5.50. The minimum atomic E-state index is -1.16. The molecular formula is C28H30FNO5. The lowest BCUT2D eigenvalue weighted by Gasteiger charge is -2.19. The van der Waals surface area contributed by atoms with Gasteiger partial charge in [-0.2, -0.15) is 0 Å². The Kier molecular flexibility index (Phi) is 9.11. The Hall–Kier alpha value is -3.55. The van der Waals surface area contributed by atoms with Crippen molar-refractivity contribution in [2.24, 2.45) is 0 Å². The number of ether oxygens (including phenoxy) is 1. The van der Waals surface area contributed by atoms with Gasteiger partial charge in [-0.15, -0.1) is 0 Å². The number of aliphatic hydroxyl groups excluding tert-OH is 2. The summed E-state index contributed by atoms with van der Waals surface area (Å²) in [6, 6.07) is 13.7. The van der Waals surface area contributed by atoms with Crippen LogP contribution < -0.4 is 4.74 Å². The van der Waals surface area contributed by atoms with E-state index in [4.69, 9.17) is 9.84 Å². The summed E-state index contributed by atoms with van der Waals surface area (Å²) in [7, 11) is 0. The Morgan fingerprint density at radius 2 is 1.89 bits per heavy atom. The third-order valence-corrected chi connectivity index (χ3v) is 5.50.